The molecular formula is C14H32N4O6S2. The molecule has 0 spiro atoms. The van der Waals surface area contributed by atoms with Gasteiger partial charge in [-0.1, -0.05) is 0 Å². The second-order valence-electron chi connectivity index (χ2n) is 6.46. The van der Waals surface area contributed by atoms with E-state index in [0.29, 0.717) is 25.9 Å². The van der Waals surface area contributed by atoms with Crippen molar-refractivity contribution in [2.24, 2.45) is 0 Å². The summed E-state index contributed by atoms with van der Waals surface area (Å²) < 4.78 is 60.8. The molecule has 12 heteroatoms. The molecule has 0 aromatic rings. The summed E-state index contributed by atoms with van der Waals surface area (Å²) in [4.78, 5) is 4.33. The fourth-order valence-electron chi connectivity index (χ4n) is 2.81. The SMILES string of the molecule is O=S(=O)(O)CCCN1CCNCCN(CCCS(=O)(=O)O)CCNCC1. The molecule has 0 aromatic carbocycles. The molecule has 0 bridgehead atoms. The third-order valence-electron chi connectivity index (χ3n) is 4.17. The van der Waals surface area contributed by atoms with Gasteiger partial charge >= 0.3 is 0 Å². The van der Waals surface area contributed by atoms with Gasteiger partial charge in [-0.25, -0.2) is 0 Å². The predicted molar refractivity (Wildman–Crippen MR) is 101 cm³/mol. The first-order valence-electron chi connectivity index (χ1n) is 8.92. The summed E-state index contributed by atoms with van der Waals surface area (Å²) in [6, 6.07) is 0. The standard InChI is InChI=1S/C14H32N4O6S2/c19-25(20,21)13-1-7-17-9-3-15-5-11-18(12-6-16-4-10-17)8-2-14-26(22,23)24/h15-16H,1-14H2,(H,19,20,21)(H,22,23,24). The highest BCUT2D eigenvalue weighted by atomic mass is 32.2. The second-order valence-corrected chi connectivity index (χ2v) is 9.61. The molecule has 156 valence electrons. The van der Waals surface area contributed by atoms with Crippen LogP contribution >= 0.6 is 0 Å². The molecule has 0 amide bonds. The van der Waals surface area contributed by atoms with Gasteiger partial charge in [0.1, 0.15) is 0 Å². The third-order valence-corrected chi connectivity index (χ3v) is 5.78. The molecule has 1 saturated heterocycles. The number of nitrogens with one attached hydrogen (secondary N) is 2. The summed E-state index contributed by atoms with van der Waals surface area (Å²) in [6.07, 6.45) is 0.806. The van der Waals surface area contributed by atoms with E-state index >= 15 is 0 Å². The van der Waals surface area contributed by atoms with Gasteiger partial charge in [-0.05, 0) is 25.9 Å². The van der Waals surface area contributed by atoms with E-state index in [1.165, 1.54) is 0 Å². The highest BCUT2D eigenvalue weighted by molar-refractivity contribution is 7.86. The molecule has 10 nitrogen and oxygen atoms in total. The summed E-state index contributed by atoms with van der Waals surface area (Å²) in [5.41, 5.74) is 0. The smallest absolute Gasteiger partial charge is 0.264 e. The molecule has 26 heavy (non-hydrogen) atoms. The lowest BCUT2D eigenvalue weighted by molar-refractivity contribution is 0.241. The molecule has 0 unspecified atom stereocenters. The molecule has 1 aliphatic rings. The zero-order chi connectivity index (χ0) is 19.5. The van der Waals surface area contributed by atoms with Crippen LogP contribution in [0.4, 0.5) is 0 Å². The van der Waals surface area contributed by atoms with Crippen LogP contribution in [0, 0.1) is 0 Å². The Morgan fingerprint density at radius 2 is 0.962 bits per heavy atom. The Labute approximate surface area is 156 Å². The maximum atomic E-state index is 10.8. The van der Waals surface area contributed by atoms with Crippen LogP contribution in [0.25, 0.3) is 0 Å². The van der Waals surface area contributed by atoms with Gasteiger partial charge < -0.3 is 20.4 Å². The highest BCUT2D eigenvalue weighted by Crippen LogP contribution is 1.97. The fourth-order valence-corrected chi connectivity index (χ4v) is 3.80. The number of hydrogen-bond donors (Lipinski definition) is 4. The van der Waals surface area contributed by atoms with Crippen LogP contribution in [0.15, 0.2) is 0 Å². The van der Waals surface area contributed by atoms with Gasteiger partial charge in [0, 0.05) is 52.4 Å². The Balaban J connectivity index is 2.33. The molecule has 4 N–H and O–H groups in total. The van der Waals surface area contributed by atoms with Crippen LogP contribution in [0.2, 0.25) is 0 Å². The van der Waals surface area contributed by atoms with Gasteiger partial charge in [0.2, 0.25) is 0 Å². The van der Waals surface area contributed by atoms with E-state index in [-0.39, 0.29) is 11.5 Å². The zero-order valence-electron chi connectivity index (χ0n) is 15.1. The van der Waals surface area contributed by atoms with Gasteiger partial charge in [0.15, 0.2) is 0 Å². The summed E-state index contributed by atoms with van der Waals surface area (Å²) in [6.45, 7) is 7.46. The summed E-state index contributed by atoms with van der Waals surface area (Å²) in [5, 5.41) is 6.67. The van der Waals surface area contributed by atoms with E-state index in [4.69, 9.17) is 9.11 Å². The summed E-state index contributed by atoms with van der Waals surface area (Å²) in [5.74, 6) is -0.439. The molecule has 0 saturated carbocycles. The largest absolute Gasteiger partial charge is 0.314 e. The topological polar surface area (TPSA) is 139 Å². The van der Waals surface area contributed by atoms with Gasteiger partial charge in [0.25, 0.3) is 20.2 Å². The minimum absolute atomic E-state index is 0.219. The van der Waals surface area contributed by atoms with Crippen LogP contribution < -0.4 is 10.6 Å². The molecule has 0 aliphatic carbocycles. The average Bonchev–Trinajstić information content (AvgIpc) is 2.48. The molecule has 0 radical (unpaired) electrons. The van der Waals surface area contributed by atoms with Gasteiger partial charge in [0.05, 0.1) is 11.5 Å². The van der Waals surface area contributed by atoms with Gasteiger partial charge in [-0.3, -0.25) is 9.11 Å². The molecule has 0 aromatic heterocycles. The van der Waals surface area contributed by atoms with Gasteiger partial charge in [-0.2, -0.15) is 16.8 Å². The van der Waals surface area contributed by atoms with Crippen molar-refractivity contribution in [3.63, 3.8) is 0 Å². The minimum atomic E-state index is -3.90. The van der Waals surface area contributed by atoms with E-state index < -0.39 is 20.2 Å². The maximum Gasteiger partial charge on any atom is 0.264 e. The van der Waals surface area contributed by atoms with Crippen molar-refractivity contribution in [1.29, 1.82) is 0 Å². The zero-order valence-corrected chi connectivity index (χ0v) is 16.8. The van der Waals surface area contributed by atoms with Crippen LogP contribution in [-0.4, -0.2) is 113 Å². The molecular weight excluding hydrogens is 384 g/mol. The minimum Gasteiger partial charge on any atom is -0.314 e. The Kier molecular flexibility index (Phi) is 11.1. The quantitative estimate of drug-likeness (QED) is 0.340. The lowest BCUT2D eigenvalue weighted by atomic mass is 10.3. The maximum absolute atomic E-state index is 10.8. The first-order valence-corrected chi connectivity index (χ1v) is 12.1. The van der Waals surface area contributed by atoms with Crippen molar-refractivity contribution in [1.82, 2.24) is 20.4 Å². The second kappa shape index (κ2) is 12.2. The first kappa shape index (κ1) is 23.7. The van der Waals surface area contributed by atoms with Crippen molar-refractivity contribution < 1.29 is 25.9 Å². The Morgan fingerprint density at radius 1 is 0.654 bits per heavy atom. The molecule has 1 rings (SSSR count). The lowest BCUT2D eigenvalue weighted by Crippen LogP contribution is -2.44. The molecule has 1 heterocycles. The Bertz CT molecular complexity index is 520. The van der Waals surface area contributed by atoms with Crippen molar-refractivity contribution in [2.45, 2.75) is 12.8 Å². The predicted octanol–water partition coefficient (Wildman–Crippen LogP) is -1.66. The highest BCUT2D eigenvalue weighted by Gasteiger charge is 2.11. The van der Waals surface area contributed by atoms with Crippen LogP contribution in [0.1, 0.15) is 12.8 Å². The Hall–Kier alpha value is -0.340. The molecule has 1 aliphatic heterocycles. The van der Waals surface area contributed by atoms with E-state index in [2.05, 4.69) is 20.4 Å². The number of hydrogen-bond acceptors (Lipinski definition) is 8. The van der Waals surface area contributed by atoms with Crippen molar-refractivity contribution in [2.75, 3.05) is 77.0 Å². The van der Waals surface area contributed by atoms with E-state index in [0.717, 1.165) is 52.4 Å². The van der Waals surface area contributed by atoms with E-state index in [9.17, 15) is 16.8 Å². The lowest BCUT2D eigenvalue weighted by Gasteiger charge is -2.26. The Morgan fingerprint density at radius 3 is 1.23 bits per heavy atom. The van der Waals surface area contributed by atoms with Crippen LogP contribution in [0.3, 0.4) is 0 Å². The van der Waals surface area contributed by atoms with E-state index in [1.807, 2.05) is 0 Å². The third kappa shape index (κ3) is 13.8. The van der Waals surface area contributed by atoms with Crippen molar-refractivity contribution in [3.8, 4) is 0 Å². The van der Waals surface area contributed by atoms with Crippen LogP contribution in [-0.2, 0) is 20.2 Å². The van der Waals surface area contributed by atoms with Crippen molar-refractivity contribution >= 4 is 20.2 Å². The summed E-state index contributed by atoms with van der Waals surface area (Å²) in [7, 11) is -7.81. The number of rotatable bonds is 8. The van der Waals surface area contributed by atoms with Crippen LogP contribution in [0.5, 0.6) is 0 Å². The monoisotopic (exact) mass is 416 g/mol. The summed E-state index contributed by atoms with van der Waals surface area (Å²) >= 11 is 0. The van der Waals surface area contributed by atoms with Crippen molar-refractivity contribution in [3.05, 3.63) is 0 Å². The average molecular weight is 417 g/mol. The number of nitrogens with zero attached hydrogens (tertiary/aromatic N) is 2. The first-order chi connectivity index (χ1) is 12.2. The molecule has 1 fully saturated rings. The molecule has 0 atom stereocenters. The fraction of sp³-hybridized carbons (Fsp3) is 1.00. The normalized spacial score (nSPS) is 20.4. The van der Waals surface area contributed by atoms with E-state index in [1.54, 1.807) is 0 Å². The van der Waals surface area contributed by atoms with Gasteiger partial charge in [-0.15, -0.1) is 0 Å².